The van der Waals surface area contributed by atoms with Crippen LogP contribution in [0.2, 0.25) is 0 Å². The largest absolute Gasteiger partial charge is 0.481 e. The second-order valence-electron chi connectivity index (χ2n) is 9.66. The first-order valence-corrected chi connectivity index (χ1v) is 13.6. The molecule has 0 spiro atoms. The van der Waals surface area contributed by atoms with Gasteiger partial charge in [0.2, 0.25) is 0 Å². The summed E-state index contributed by atoms with van der Waals surface area (Å²) in [4.78, 5) is 11.4. The monoisotopic (exact) mass is 472 g/mol. The minimum atomic E-state index is -0.846. The number of carboxylic acids is 1. The van der Waals surface area contributed by atoms with Gasteiger partial charge in [-0.2, -0.15) is 0 Å². The van der Waals surface area contributed by atoms with E-state index < -0.39 is 22.2 Å². The third kappa shape index (κ3) is 9.05. The van der Waals surface area contributed by atoms with Gasteiger partial charge >= 0.3 is 5.97 Å². The van der Waals surface area contributed by atoms with Gasteiger partial charge in [-0.3, -0.25) is 9.00 Å². The maximum atomic E-state index is 12.5. The van der Waals surface area contributed by atoms with Crippen LogP contribution in [0, 0.1) is 0 Å². The Balaban J connectivity index is 1.74. The van der Waals surface area contributed by atoms with Crippen LogP contribution < -0.4 is 0 Å². The van der Waals surface area contributed by atoms with Crippen molar-refractivity contribution in [2.24, 2.45) is 0 Å². The molecule has 0 bridgehead atoms. The summed E-state index contributed by atoms with van der Waals surface area (Å²) in [5, 5.41) is 18.9. The summed E-state index contributed by atoms with van der Waals surface area (Å²) >= 11 is 0. The lowest BCUT2D eigenvalue weighted by Crippen LogP contribution is -2.26. The van der Waals surface area contributed by atoms with E-state index in [4.69, 9.17) is 0 Å². The van der Waals surface area contributed by atoms with Gasteiger partial charge in [-0.05, 0) is 48.6 Å². The van der Waals surface area contributed by atoms with Crippen LogP contribution in [0.5, 0.6) is 0 Å². The van der Waals surface area contributed by atoms with E-state index >= 15 is 0 Å². The van der Waals surface area contributed by atoms with Crippen molar-refractivity contribution in [1.82, 2.24) is 0 Å². The Hall–Kier alpha value is -1.98. The summed E-state index contributed by atoms with van der Waals surface area (Å²) in [6.07, 6.45) is 6.21. The van der Waals surface area contributed by atoms with Gasteiger partial charge < -0.3 is 10.2 Å². The predicted octanol–water partition coefficient (Wildman–Crippen LogP) is 5.85. The fourth-order valence-corrected chi connectivity index (χ4v) is 5.92. The molecule has 0 heterocycles. The molecule has 33 heavy (non-hydrogen) atoms. The van der Waals surface area contributed by atoms with E-state index in [0.29, 0.717) is 11.5 Å². The van der Waals surface area contributed by atoms with Crippen molar-refractivity contribution in [2.45, 2.75) is 76.0 Å². The number of carboxylic acid groups (broad SMARTS) is 1. The van der Waals surface area contributed by atoms with Crippen molar-refractivity contribution in [3.05, 3.63) is 71.8 Å². The van der Waals surface area contributed by atoms with Gasteiger partial charge in [0.05, 0.1) is 6.42 Å². The number of carbonyl (C=O) groups is 1. The number of aliphatic carboxylic acids is 1. The summed E-state index contributed by atoms with van der Waals surface area (Å²) in [5.41, 5.74) is 1.85. The molecule has 0 radical (unpaired) electrons. The van der Waals surface area contributed by atoms with Crippen molar-refractivity contribution in [1.29, 1.82) is 0 Å². The Labute approximate surface area is 201 Å². The number of aliphatic hydroxyl groups is 1. The molecule has 2 N–H and O–H groups in total. The SMILES string of the molecule is CC(CCO)(CCCCS(=O)CCCCC(C)(CC(=O)O)c1ccccc1)c1ccccc1. The van der Waals surface area contributed by atoms with E-state index in [1.165, 1.54) is 5.56 Å². The third-order valence-corrected chi connectivity index (χ3v) is 8.34. The molecule has 0 aliphatic heterocycles. The van der Waals surface area contributed by atoms with Gasteiger partial charge in [0.1, 0.15) is 0 Å². The highest BCUT2D eigenvalue weighted by atomic mass is 32.2. The molecule has 3 atom stereocenters. The van der Waals surface area contributed by atoms with Crippen LogP contribution >= 0.6 is 0 Å². The quantitative estimate of drug-likeness (QED) is 0.301. The summed E-state index contributed by atoms with van der Waals surface area (Å²) < 4.78 is 12.5. The molecular weight excluding hydrogens is 432 g/mol. The summed E-state index contributed by atoms with van der Waals surface area (Å²) in [6, 6.07) is 20.2. The van der Waals surface area contributed by atoms with Crippen molar-refractivity contribution < 1.29 is 19.2 Å². The average molecular weight is 473 g/mol. The lowest BCUT2D eigenvalue weighted by Gasteiger charge is -2.30. The number of aliphatic hydroxyl groups excluding tert-OH is 1. The van der Waals surface area contributed by atoms with Crippen LogP contribution in [-0.4, -0.2) is 38.5 Å². The molecule has 3 unspecified atom stereocenters. The first kappa shape index (κ1) is 27.3. The maximum absolute atomic E-state index is 12.5. The highest BCUT2D eigenvalue weighted by molar-refractivity contribution is 7.84. The average Bonchev–Trinajstić information content (AvgIpc) is 2.80. The highest BCUT2D eigenvalue weighted by Gasteiger charge is 2.29. The zero-order valence-electron chi connectivity index (χ0n) is 20.2. The molecule has 182 valence electrons. The van der Waals surface area contributed by atoms with Crippen molar-refractivity contribution in [2.75, 3.05) is 18.1 Å². The molecule has 2 rings (SSSR count). The van der Waals surface area contributed by atoms with E-state index in [9.17, 15) is 19.2 Å². The molecule has 0 aromatic heterocycles. The van der Waals surface area contributed by atoms with Crippen LogP contribution in [0.4, 0.5) is 0 Å². The molecule has 0 amide bonds. The second kappa shape index (κ2) is 13.7. The first-order chi connectivity index (χ1) is 15.8. The summed E-state index contributed by atoms with van der Waals surface area (Å²) in [5.74, 6) is 0.591. The standard InChI is InChI=1S/C28H40O4S/c1-27(19-20-29,24-13-5-3-6-14-24)17-9-11-21-33(32)22-12-10-18-28(2,23-26(30)31)25-15-7-4-8-16-25/h3-8,13-16,29H,9-12,17-23H2,1-2H3,(H,30,31). The van der Waals surface area contributed by atoms with E-state index in [-0.39, 0.29) is 18.4 Å². The highest BCUT2D eigenvalue weighted by Crippen LogP contribution is 2.34. The Bertz CT molecular complexity index is 855. The fraction of sp³-hybridized carbons (Fsp3) is 0.536. The maximum Gasteiger partial charge on any atom is 0.304 e. The number of benzene rings is 2. The first-order valence-electron chi connectivity index (χ1n) is 12.1. The van der Waals surface area contributed by atoms with Crippen molar-refractivity contribution >= 4 is 16.8 Å². The number of rotatable bonds is 16. The summed E-state index contributed by atoms with van der Waals surface area (Å²) in [7, 11) is -0.846. The molecule has 0 saturated carbocycles. The van der Waals surface area contributed by atoms with Gasteiger partial charge in [0.15, 0.2) is 0 Å². The Morgan fingerprint density at radius 2 is 1.21 bits per heavy atom. The van der Waals surface area contributed by atoms with Crippen molar-refractivity contribution in [3.8, 4) is 0 Å². The van der Waals surface area contributed by atoms with Gasteiger partial charge in [-0.25, -0.2) is 0 Å². The molecular formula is C28H40O4S. The molecule has 5 heteroatoms. The van der Waals surface area contributed by atoms with E-state index in [1.54, 1.807) is 0 Å². The molecule has 0 aliphatic rings. The Morgan fingerprint density at radius 1 is 0.758 bits per heavy atom. The zero-order chi connectivity index (χ0) is 24.2. The minimum Gasteiger partial charge on any atom is -0.481 e. The van der Waals surface area contributed by atoms with Crippen molar-refractivity contribution in [3.63, 3.8) is 0 Å². The van der Waals surface area contributed by atoms with Gasteiger partial charge in [0, 0.05) is 34.3 Å². The Kier molecular flexibility index (Phi) is 11.3. The van der Waals surface area contributed by atoms with Gasteiger partial charge in [0.25, 0.3) is 0 Å². The number of unbranched alkanes of at least 4 members (excludes halogenated alkanes) is 2. The molecule has 0 aliphatic carbocycles. The second-order valence-corrected chi connectivity index (χ2v) is 11.4. The van der Waals surface area contributed by atoms with Crippen LogP contribution in [0.1, 0.15) is 76.3 Å². The van der Waals surface area contributed by atoms with E-state index in [1.807, 2.05) is 55.5 Å². The molecule has 2 aromatic carbocycles. The molecule has 0 fully saturated rings. The van der Waals surface area contributed by atoms with Gasteiger partial charge in [-0.1, -0.05) is 87.4 Å². The van der Waals surface area contributed by atoms with Crippen LogP contribution in [0.25, 0.3) is 0 Å². The fourth-order valence-electron chi connectivity index (χ4n) is 4.67. The van der Waals surface area contributed by atoms with Gasteiger partial charge in [-0.15, -0.1) is 0 Å². The lowest BCUT2D eigenvalue weighted by atomic mass is 9.75. The molecule has 4 nitrogen and oxygen atoms in total. The molecule has 0 saturated heterocycles. The topological polar surface area (TPSA) is 74.6 Å². The Morgan fingerprint density at radius 3 is 1.67 bits per heavy atom. The smallest absolute Gasteiger partial charge is 0.304 e. The minimum absolute atomic E-state index is 0.0520. The predicted molar refractivity (Wildman–Crippen MR) is 137 cm³/mol. The van der Waals surface area contributed by atoms with Crippen LogP contribution in [0.3, 0.4) is 0 Å². The zero-order valence-corrected chi connectivity index (χ0v) is 21.0. The number of hydrogen-bond acceptors (Lipinski definition) is 3. The van der Waals surface area contributed by atoms with E-state index in [2.05, 4.69) is 19.1 Å². The third-order valence-electron chi connectivity index (χ3n) is 6.85. The van der Waals surface area contributed by atoms with Crippen LogP contribution in [0.15, 0.2) is 60.7 Å². The lowest BCUT2D eigenvalue weighted by molar-refractivity contribution is -0.138. The van der Waals surface area contributed by atoms with Crippen LogP contribution in [-0.2, 0) is 26.4 Å². The molecule has 2 aromatic rings. The number of hydrogen-bond donors (Lipinski definition) is 2. The van der Waals surface area contributed by atoms with E-state index in [0.717, 1.165) is 50.5 Å². The summed E-state index contributed by atoms with van der Waals surface area (Å²) in [6.45, 7) is 4.39. The normalized spacial score (nSPS) is 16.0.